The molecule has 30 heavy (non-hydrogen) atoms. The fourth-order valence-electron chi connectivity index (χ4n) is 2.91. The van der Waals surface area contributed by atoms with E-state index in [0.717, 1.165) is 25.5 Å². The van der Waals surface area contributed by atoms with Crippen molar-refractivity contribution in [1.29, 1.82) is 0 Å². The average Bonchev–Trinajstić information content (AvgIpc) is 3.08. The highest BCUT2D eigenvalue weighted by Crippen LogP contribution is 2.36. The maximum absolute atomic E-state index is 12.6. The zero-order valence-electron chi connectivity index (χ0n) is 15.5. The van der Waals surface area contributed by atoms with Gasteiger partial charge >= 0.3 is 18.4 Å². The third-order valence-corrected chi connectivity index (χ3v) is 4.42. The van der Waals surface area contributed by atoms with Gasteiger partial charge in [0.25, 0.3) is 6.10 Å². The lowest BCUT2D eigenvalue weighted by Gasteiger charge is -2.26. The van der Waals surface area contributed by atoms with Crippen molar-refractivity contribution in [3.8, 4) is 5.75 Å². The molecule has 1 aromatic heterocycles. The van der Waals surface area contributed by atoms with Gasteiger partial charge in [-0.1, -0.05) is 0 Å². The summed E-state index contributed by atoms with van der Waals surface area (Å²) in [5, 5.41) is 0.814. The maximum atomic E-state index is 12.6. The van der Waals surface area contributed by atoms with E-state index < -0.39 is 24.5 Å². The molecule has 1 fully saturated rings. The first-order valence-corrected chi connectivity index (χ1v) is 8.93. The van der Waals surface area contributed by atoms with Crippen LogP contribution in [0.5, 0.6) is 5.75 Å². The number of nitrogens with zero attached hydrogens (tertiary/aromatic N) is 2. The van der Waals surface area contributed by atoms with Crippen LogP contribution in [-0.2, 0) is 9.47 Å². The van der Waals surface area contributed by atoms with Gasteiger partial charge in [-0.15, -0.1) is 0 Å². The van der Waals surface area contributed by atoms with E-state index in [1.165, 1.54) is 12.1 Å². The van der Waals surface area contributed by atoms with Gasteiger partial charge in [-0.05, 0) is 18.2 Å². The summed E-state index contributed by atoms with van der Waals surface area (Å²) in [4.78, 5) is 14.0. The van der Waals surface area contributed by atoms with E-state index in [9.17, 15) is 31.1 Å². The van der Waals surface area contributed by atoms with E-state index in [4.69, 9.17) is 9.47 Å². The van der Waals surface area contributed by atoms with Crippen LogP contribution in [0.1, 0.15) is 0 Å². The zero-order valence-corrected chi connectivity index (χ0v) is 15.5. The number of benzene rings is 1. The van der Waals surface area contributed by atoms with E-state index in [-0.39, 0.29) is 0 Å². The Morgan fingerprint density at radius 3 is 2.30 bits per heavy atom. The Morgan fingerprint density at radius 1 is 1.03 bits per heavy atom. The molecule has 0 bridgehead atoms. The summed E-state index contributed by atoms with van der Waals surface area (Å²) in [5.74, 6) is 0.449. The highest BCUT2D eigenvalue weighted by atomic mass is 19.4. The molecule has 2 aromatic rings. The molecule has 166 valence electrons. The van der Waals surface area contributed by atoms with Crippen LogP contribution in [-0.4, -0.2) is 73.5 Å². The average molecular weight is 440 g/mol. The predicted molar refractivity (Wildman–Crippen MR) is 92.5 cm³/mol. The minimum Gasteiger partial charge on any atom is -0.492 e. The highest BCUT2D eigenvalue weighted by molar-refractivity contribution is 5.88. The molecule has 0 aliphatic carbocycles. The molecular weight excluding hydrogens is 422 g/mol. The van der Waals surface area contributed by atoms with Crippen LogP contribution < -0.4 is 4.74 Å². The number of rotatable bonds is 5. The molecule has 1 aromatic carbocycles. The van der Waals surface area contributed by atoms with Crippen LogP contribution in [0, 0.1) is 0 Å². The largest absolute Gasteiger partial charge is 0.492 e. The Balaban J connectivity index is 1.65. The SMILES string of the molecule is O=C(OC(C(F)(F)F)C(F)(F)F)n1cc2ccc(OCCN3CCOCC3)cc2c1. The molecule has 0 spiro atoms. The number of carbonyl (C=O) groups is 1. The van der Waals surface area contributed by atoms with Gasteiger partial charge in [0.1, 0.15) is 12.4 Å². The Hall–Kier alpha value is -2.47. The van der Waals surface area contributed by atoms with Gasteiger partial charge < -0.3 is 14.2 Å². The van der Waals surface area contributed by atoms with Crippen LogP contribution in [0.15, 0.2) is 30.6 Å². The number of hydrogen-bond acceptors (Lipinski definition) is 5. The van der Waals surface area contributed by atoms with Gasteiger partial charge in [0.2, 0.25) is 0 Å². The molecule has 1 aliphatic rings. The summed E-state index contributed by atoms with van der Waals surface area (Å²) in [6.07, 6.45) is -15.4. The van der Waals surface area contributed by atoms with Crippen molar-refractivity contribution < 1.29 is 45.3 Å². The second-order valence-electron chi connectivity index (χ2n) is 6.61. The minimum atomic E-state index is -5.78. The number of hydrogen-bond donors (Lipinski definition) is 0. The molecule has 12 heteroatoms. The third-order valence-electron chi connectivity index (χ3n) is 4.42. The lowest BCUT2D eigenvalue weighted by atomic mass is 10.2. The quantitative estimate of drug-likeness (QED) is 0.662. The molecule has 6 nitrogen and oxygen atoms in total. The van der Waals surface area contributed by atoms with E-state index in [1.54, 1.807) is 6.07 Å². The van der Waals surface area contributed by atoms with Gasteiger partial charge in [-0.3, -0.25) is 9.47 Å². The molecule has 0 amide bonds. The topological polar surface area (TPSA) is 52.9 Å². The highest BCUT2D eigenvalue weighted by Gasteiger charge is 2.60. The van der Waals surface area contributed by atoms with Gasteiger partial charge in [0, 0.05) is 42.8 Å². The van der Waals surface area contributed by atoms with Crippen LogP contribution >= 0.6 is 0 Å². The van der Waals surface area contributed by atoms with E-state index in [2.05, 4.69) is 9.64 Å². The molecule has 2 heterocycles. The zero-order chi connectivity index (χ0) is 21.9. The van der Waals surface area contributed by atoms with Crippen molar-refractivity contribution in [3.63, 3.8) is 0 Å². The third kappa shape index (κ3) is 5.57. The number of carbonyl (C=O) groups excluding carboxylic acids is 1. The lowest BCUT2D eigenvalue weighted by molar-refractivity contribution is -0.306. The van der Waals surface area contributed by atoms with Crippen molar-refractivity contribution in [2.24, 2.45) is 0 Å². The van der Waals surface area contributed by atoms with E-state index in [1.807, 2.05) is 0 Å². The smallest absolute Gasteiger partial charge is 0.434 e. The lowest BCUT2D eigenvalue weighted by Crippen LogP contribution is -2.46. The predicted octanol–water partition coefficient (Wildman–Crippen LogP) is 3.83. The Kier molecular flexibility index (Phi) is 6.46. The molecule has 0 radical (unpaired) electrons. The van der Waals surface area contributed by atoms with Gasteiger partial charge in [-0.25, -0.2) is 4.79 Å². The van der Waals surface area contributed by atoms with Crippen molar-refractivity contribution >= 4 is 16.9 Å². The number of halogens is 6. The number of fused-ring (bicyclic) bond motifs is 1. The van der Waals surface area contributed by atoms with Gasteiger partial charge in [0.15, 0.2) is 0 Å². The minimum absolute atomic E-state index is 0.382. The number of aromatic nitrogens is 1. The normalized spacial score (nSPS) is 16.2. The molecule has 0 N–H and O–H groups in total. The van der Waals surface area contributed by atoms with Crippen LogP contribution in [0.3, 0.4) is 0 Å². The summed E-state index contributed by atoms with van der Waals surface area (Å²) < 4.78 is 90.5. The molecule has 0 unspecified atom stereocenters. The molecule has 0 saturated carbocycles. The van der Waals surface area contributed by atoms with Crippen LogP contribution in [0.25, 0.3) is 10.8 Å². The Labute approximate surface area is 166 Å². The van der Waals surface area contributed by atoms with Gasteiger partial charge in [-0.2, -0.15) is 26.3 Å². The number of ether oxygens (including phenoxy) is 3. The molecular formula is C18H18F6N2O4. The fraction of sp³-hybridized carbons (Fsp3) is 0.500. The summed E-state index contributed by atoms with van der Waals surface area (Å²) in [6, 6.07) is 4.66. The monoisotopic (exact) mass is 440 g/mol. The van der Waals surface area contributed by atoms with Crippen molar-refractivity contribution in [2.75, 3.05) is 39.5 Å². The molecule has 1 aliphatic heterocycles. The van der Waals surface area contributed by atoms with Crippen LogP contribution in [0.2, 0.25) is 0 Å². The first kappa shape index (κ1) is 22.2. The van der Waals surface area contributed by atoms with E-state index >= 15 is 0 Å². The summed E-state index contributed by atoms with van der Waals surface area (Å²) in [5.41, 5.74) is 0. The number of alkyl halides is 6. The molecule has 0 atom stereocenters. The van der Waals surface area contributed by atoms with Crippen molar-refractivity contribution in [3.05, 3.63) is 30.6 Å². The van der Waals surface area contributed by atoms with Crippen molar-refractivity contribution in [2.45, 2.75) is 18.5 Å². The first-order valence-electron chi connectivity index (χ1n) is 8.93. The Bertz CT molecular complexity index is 860. The molecule has 1 saturated heterocycles. The van der Waals surface area contributed by atoms with Gasteiger partial charge in [0.05, 0.1) is 13.2 Å². The van der Waals surface area contributed by atoms with Crippen LogP contribution in [0.4, 0.5) is 31.1 Å². The van der Waals surface area contributed by atoms with E-state index in [0.29, 0.717) is 47.5 Å². The van der Waals surface area contributed by atoms with Crippen molar-refractivity contribution in [1.82, 2.24) is 9.47 Å². The first-order chi connectivity index (χ1) is 14.0. The Morgan fingerprint density at radius 2 is 1.67 bits per heavy atom. The standard InChI is InChI=1S/C18H18F6N2O4/c19-17(20,21)15(18(22,23)24)30-16(27)26-10-12-1-2-14(9-13(12)11-26)29-8-5-25-3-6-28-7-4-25/h1-2,9-11,15H,3-8H2. The molecule has 3 rings (SSSR count). The summed E-state index contributed by atoms with van der Waals surface area (Å²) in [6.45, 7) is 3.95. The summed E-state index contributed by atoms with van der Waals surface area (Å²) >= 11 is 0. The summed E-state index contributed by atoms with van der Waals surface area (Å²) in [7, 11) is 0. The fourth-order valence-corrected chi connectivity index (χ4v) is 2.91. The maximum Gasteiger partial charge on any atom is 0.434 e. The number of morpholine rings is 1. The second kappa shape index (κ2) is 8.72. The second-order valence-corrected chi connectivity index (χ2v) is 6.61.